The van der Waals surface area contributed by atoms with Gasteiger partial charge in [0.1, 0.15) is 5.60 Å². The quantitative estimate of drug-likeness (QED) is 0.248. The fourth-order valence-corrected chi connectivity index (χ4v) is 6.63. The number of nitrogens with zero attached hydrogens (tertiary/aromatic N) is 2. The highest BCUT2D eigenvalue weighted by Gasteiger charge is 2.75. The minimum absolute atomic E-state index is 0.0352. The Bertz CT molecular complexity index is 1010. The summed E-state index contributed by atoms with van der Waals surface area (Å²) < 4.78 is 18.3. The van der Waals surface area contributed by atoms with Crippen molar-refractivity contribution in [1.29, 1.82) is 0 Å². The average molecular weight is 460 g/mol. The molecule has 5 rings (SSSR count). The van der Waals surface area contributed by atoms with Crippen molar-refractivity contribution in [3.8, 4) is 11.5 Å². The molecule has 0 radical (unpaired) electrons. The first-order valence-corrected chi connectivity index (χ1v) is 11.4. The van der Waals surface area contributed by atoms with E-state index < -0.39 is 22.2 Å². The number of carbonyl (C=O) groups excluding carboxylic acids is 2. The number of likely N-dealkylation sites (N-methyl/N-ethyl adjacent to an activating group) is 1. The first kappa shape index (κ1) is 21.9. The smallest absolute Gasteiger partial charge is 0.306 e. The highest BCUT2D eigenvalue weighted by atomic mass is 16.9. The highest BCUT2D eigenvalue weighted by molar-refractivity contribution is 5.90. The fraction of sp³-hybridized carbons (Fsp3) is 0.652. The Balaban J connectivity index is 1.51. The molecule has 2 heterocycles. The third-order valence-electron chi connectivity index (χ3n) is 7.96. The Kier molecular flexibility index (Phi) is 5.23. The molecule has 1 saturated carbocycles. The van der Waals surface area contributed by atoms with Crippen LogP contribution in [0.2, 0.25) is 0 Å². The Labute approximate surface area is 191 Å². The van der Waals surface area contributed by atoms with Gasteiger partial charge in [0.2, 0.25) is 0 Å². The van der Waals surface area contributed by atoms with Gasteiger partial charge in [-0.2, -0.15) is 0 Å². The molecule has 10 nitrogen and oxygen atoms in total. The molecule has 0 amide bonds. The Hall–Kier alpha value is -2.88. The van der Waals surface area contributed by atoms with E-state index in [0.717, 1.165) is 17.7 Å². The predicted molar refractivity (Wildman–Crippen MR) is 114 cm³/mol. The molecule has 178 valence electrons. The molecule has 0 aromatic heterocycles. The van der Waals surface area contributed by atoms with Crippen LogP contribution in [0, 0.1) is 10.1 Å². The summed E-state index contributed by atoms with van der Waals surface area (Å²) in [6.07, 6.45) is 2.31. The van der Waals surface area contributed by atoms with E-state index in [9.17, 15) is 19.7 Å². The summed E-state index contributed by atoms with van der Waals surface area (Å²) in [7, 11) is 3.62. The van der Waals surface area contributed by atoms with Crippen LogP contribution in [0.4, 0.5) is 0 Å². The third-order valence-corrected chi connectivity index (χ3v) is 7.96. The molecule has 1 saturated heterocycles. The molecule has 1 spiro atoms. The summed E-state index contributed by atoms with van der Waals surface area (Å²) in [4.78, 5) is 43.1. The summed E-state index contributed by atoms with van der Waals surface area (Å²) in [6.45, 7) is 0.715. The van der Waals surface area contributed by atoms with Gasteiger partial charge in [-0.25, -0.2) is 0 Å². The van der Waals surface area contributed by atoms with Crippen LogP contribution < -0.4 is 9.47 Å². The summed E-state index contributed by atoms with van der Waals surface area (Å²) in [5.74, 6) is 0.876. The van der Waals surface area contributed by atoms with Crippen molar-refractivity contribution >= 4 is 11.8 Å². The number of hydrogen-bond donors (Lipinski definition) is 0. The van der Waals surface area contributed by atoms with E-state index in [1.807, 2.05) is 19.2 Å². The Morgan fingerprint density at radius 1 is 1.33 bits per heavy atom. The molecule has 0 N–H and O–H groups in total. The Morgan fingerprint density at radius 2 is 2.15 bits per heavy atom. The zero-order valence-corrected chi connectivity index (χ0v) is 18.8. The number of rotatable bonds is 8. The van der Waals surface area contributed by atoms with E-state index in [2.05, 4.69) is 9.74 Å². The molecule has 4 aliphatic rings. The number of piperidine rings is 1. The molecular weight excluding hydrogens is 432 g/mol. The molecule has 2 aliphatic carbocycles. The van der Waals surface area contributed by atoms with Gasteiger partial charge in [0.15, 0.2) is 23.4 Å². The second kappa shape index (κ2) is 7.86. The van der Waals surface area contributed by atoms with Crippen LogP contribution in [0.15, 0.2) is 12.1 Å². The minimum atomic E-state index is -0.877. The van der Waals surface area contributed by atoms with Gasteiger partial charge in [-0.3, -0.25) is 14.5 Å². The van der Waals surface area contributed by atoms with Crippen LogP contribution in [-0.2, 0) is 31.0 Å². The number of carbonyl (C=O) groups is 2. The molecule has 33 heavy (non-hydrogen) atoms. The zero-order valence-electron chi connectivity index (χ0n) is 18.8. The van der Waals surface area contributed by atoms with E-state index in [0.29, 0.717) is 43.6 Å². The lowest BCUT2D eigenvalue weighted by atomic mass is 9.49. The second-order valence-corrected chi connectivity index (χ2v) is 9.39. The number of ether oxygens (including phenoxy) is 3. The largest absolute Gasteiger partial charge is 0.493 e. The molecule has 2 aliphatic heterocycles. The standard InChI is InChI=1S/C23H28N2O8/c1-24-11-10-22-19-14-6-7-16(30-2)20(19)32-21(22)15(26)8-9-23(22,17(24)13-14)33-18(27)5-3-4-12-31-25(28)29/h6-7,17,21H,3-5,8-13H2,1-2H3/t17-,21+,22+,23?/m1/s1. The van der Waals surface area contributed by atoms with Crippen molar-refractivity contribution in [3.05, 3.63) is 33.4 Å². The van der Waals surface area contributed by atoms with Crippen molar-refractivity contribution in [3.63, 3.8) is 0 Å². The number of esters is 1. The lowest BCUT2D eigenvalue weighted by Crippen LogP contribution is -2.77. The van der Waals surface area contributed by atoms with Gasteiger partial charge >= 0.3 is 5.97 Å². The predicted octanol–water partition coefficient (Wildman–Crippen LogP) is 1.98. The van der Waals surface area contributed by atoms with Crippen molar-refractivity contribution in [1.82, 2.24) is 4.90 Å². The van der Waals surface area contributed by atoms with Gasteiger partial charge in [-0.1, -0.05) is 6.07 Å². The van der Waals surface area contributed by atoms with Crippen molar-refractivity contribution < 1.29 is 33.7 Å². The van der Waals surface area contributed by atoms with Crippen LogP contribution in [-0.4, -0.2) is 66.8 Å². The van der Waals surface area contributed by atoms with Crippen molar-refractivity contribution in [2.45, 2.75) is 68.1 Å². The number of Topliss-reactive ketones (excluding diaryl/α,β-unsaturated/α-hetero) is 1. The van der Waals surface area contributed by atoms with E-state index in [1.165, 1.54) is 0 Å². The zero-order chi connectivity index (χ0) is 23.4. The lowest BCUT2D eigenvalue weighted by Gasteiger charge is -2.63. The summed E-state index contributed by atoms with van der Waals surface area (Å²) in [6, 6.07) is 3.85. The molecule has 1 aromatic rings. The Morgan fingerprint density at radius 3 is 2.91 bits per heavy atom. The maximum absolute atomic E-state index is 13.1. The third kappa shape index (κ3) is 3.03. The summed E-state index contributed by atoms with van der Waals surface area (Å²) in [5, 5.41) is 9.47. The molecule has 10 heteroatoms. The van der Waals surface area contributed by atoms with E-state index >= 15 is 0 Å². The van der Waals surface area contributed by atoms with Crippen LogP contribution in [0.3, 0.4) is 0 Å². The van der Waals surface area contributed by atoms with Gasteiger partial charge in [0.05, 0.1) is 25.2 Å². The second-order valence-electron chi connectivity index (χ2n) is 9.39. The monoisotopic (exact) mass is 460 g/mol. The minimum Gasteiger partial charge on any atom is -0.493 e. The van der Waals surface area contributed by atoms with E-state index in [-0.39, 0.29) is 37.2 Å². The van der Waals surface area contributed by atoms with E-state index in [4.69, 9.17) is 14.2 Å². The molecular formula is C23H28N2O8. The van der Waals surface area contributed by atoms with Crippen LogP contribution >= 0.6 is 0 Å². The summed E-state index contributed by atoms with van der Waals surface area (Å²) in [5.41, 5.74) is 0.471. The van der Waals surface area contributed by atoms with Crippen LogP contribution in [0.1, 0.15) is 49.7 Å². The summed E-state index contributed by atoms with van der Waals surface area (Å²) >= 11 is 0. The fourth-order valence-electron chi connectivity index (χ4n) is 6.63. The first-order chi connectivity index (χ1) is 15.8. The number of ketones is 1. The first-order valence-electron chi connectivity index (χ1n) is 11.4. The molecule has 1 unspecified atom stereocenters. The number of benzene rings is 1. The normalized spacial score (nSPS) is 31.4. The van der Waals surface area contributed by atoms with Gasteiger partial charge in [0.25, 0.3) is 5.09 Å². The lowest BCUT2D eigenvalue weighted by molar-refractivity contribution is -0.757. The van der Waals surface area contributed by atoms with Crippen LogP contribution in [0.25, 0.3) is 0 Å². The maximum Gasteiger partial charge on any atom is 0.306 e. The van der Waals surface area contributed by atoms with Crippen LogP contribution in [0.5, 0.6) is 11.5 Å². The van der Waals surface area contributed by atoms with Gasteiger partial charge < -0.3 is 19.0 Å². The number of likely N-dealkylation sites (tertiary alicyclic amines) is 1. The van der Waals surface area contributed by atoms with Crippen molar-refractivity contribution in [2.24, 2.45) is 0 Å². The van der Waals surface area contributed by atoms with E-state index in [1.54, 1.807) is 7.11 Å². The topological polar surface area (TPSA) is 117 Å². The van der Waals surface area contributed by atoms with Crippen molar-refractivity contribution in [2.75, 3.05) is 27.3 Å². The highest BCUT2D eigenvalue weighted by Crippen LogP contribution is 2.66. The molecule has 4 atom stereocenters. The molecule has 2 bridgehead atoms. The SMILES string of the molecule is COc1ccc2c3c1O[C@H]1C(=O)CCC4(OC(=O)CCCCO[N+](=O)[O-])[C@@H](C2)N(C)CC[C@]314. The van der Waals surface area contributed by atoms with Gasteiger partial charge in [-0.15, -0.1) is 10.1 Å². The maximum atomic E-state index is 13.1. The number of methoxy groups -OCH3 is 1. The van der Waals surface area contributed by atoms with Gasteiger partial charge in [0, 0.05) is 18.4 Å². The van der Waals surface area contributed by atoms with Gasteiger partial charge in [-0.05, 0) is 57.3 Å². The molecule has 2 fully saturated rings. The number of unbranched alkanes of at least 4 members (excludes halogenated alkanes) is 1. The molecule has 1 aromatic carbocycles. The average Bonchev–Trinajstić information content (AvgIpc) is 3.14. The number of hydrogen-bond acceptors (Lipinski definition) is 9.